The van der Waals surface area contributed by atoms with E-state index < -0.39 is 0 Å². The summed E-state index contributed by atoms with van der Waals surface area (Å²) in [6.45, 7) is 0.893. The zero-order chi connectivity index (χ0) is 14.9. The van der Waals surface area contributed by atoms with Crippen molar-refractivity contribution in [1.82, 2.24) is 10.3 Å². The Morgan fingerprint density at radius 1 is 1.38 bits per heavy atom. The molecular weight excluding hydrogens is 289 g/mol. The van der Waals surface area contributed by atoms with Gasteiger partial charge >= 0.3 is 0 Å². The van der Waals surface area contributed by atoms with E-state index >= 15 is 0 Å². The number of hydrogen-bond donors (Lipinski definition) is 2. The van der Waals surface area contributed by atoms with Gasteiger partial charge in [-0.1, -0.05) is 12.1 Å². The first-order valence-electron chi connectivity index (χ1n) is 6.82. The van der Waals surface area contributed by atoms with Crippen LogP contribution in [-0.2, 0) is 12.0 Å². The molecule has 0 spiro atoms. The number of nitrogens with two attached hydrogens (primary N) is 1. The standard InChI is InChI=1S/C15H16FN3OS/c16-11-3-1-10(2-4-11)15(5-6-15)9-18-14(20)12-8-21-13(7-17)19-12/h1-4,8H,5-7,9,17H2,(H,18,20). The summed E-state index contributed by atoms with van der Waals surface area (Å²) in [6.07, 6.45) is 2.01. The topological polar surface area (TPSA) is 68.0 Å². The molecule has 21 heavy (non-hydrogen) atoms. The molecule has 1 aromatic carbocycles. The molecular formula is C15H16FN3OS. The summed E-state index contributed by atoms with van der Waals surface area (Å²) < 4.78 is 13.0. The van der Waals surface area contributed by atoms with E-state index in [1.165, 1.54) is 23.5 Å². The van der Waals surface area contributed by atoms with E-state index in [2.05, 4.69) is 10.3 Å². The number of nitrogens with zero attached hydrogens (tertiary/aromatic N) is 1. The first-order valence-corrected chi connectivity index (χ1v) is 7.70. The zero-order valence-corrected chi connectivity index (χ0v) is 12.3. The van der Waals surface area contributed by atoms with Crippen molar-refractivity contribution in [3.63, 3.8) is 0 Å². The summed E-state index contributed by atoms with van der Waals surface area (Å²) in [6, 6.07) is 6.52. The number of thiazole rings is 1. The van der Waals surface area contributed by atoms with E-state index in [9.17, 15) is 9.18 Å². The first kappa shape index (κ1) is 14.2. The number of nitrogens with one attached hydrogen (secondary N) is 1. The number of rotatable bonds is 5. The summed E-state index contributed by atoms with van der Waals surface area (Å²) in [7, 11) is 0. The van der Waals surface area contributed by atoms with E-state index in [1.807, 2.05) is 0 Å². The second-order valence-electron chi connectivity index (χ2n) is 5.30. The van der Waals surface area contributed by atoms with E-state index in [0.717, 1.165) is 23.4 Å². The molecule has 0 saturated heterocycles. The van der Waals surface area contributed by atoms with Crippen LogP contribution in [0.5, 0.6) is 0 Å². The van der Waals surface area contributed by atoms with Gasteiger partial charge in [-0.25, -0.2) is 9.37 Å². The van der Waals surface area contributed by atoms with Crippen LogP contribution in [0.15, 0.2) is 29.6 Å². The zero-order valence-electron chi connectivity index (χ0n) is 11.4. The Kier molecular flexibility index (Phi) is 3.73. The van der Waals surface area contributed by atoms with Gasteiger partial charge in [-0.15, -0.1) is 11.3 Å². The molecule has 1 saturated carbocycles. The van der Waals surface area contributed by atoms with Gasteiger partial charge in [-0.2, -0.15) is 0 Å². The van der Waals surface area contributed by atoms with Crippen molar-refractivity contribution in [2.24, 2.45) is 5.73 Å². The van der Waals surface area contributed by atoms with Crippen molar-refractivity contribution in [1.29, 1.82) is 0 Å². The highest BCUT2D eigenvalue weighted by atomic mass is 32.1. The minimum absolute atomic E-state index is 0.0456. The van der Waals surface area contributed by atoms with Gasteiger partial charge in [0.2, 0.25) is 0 Å². The van der Waals surface area contributed by atoms with Crippen LogP contribution < -0.4 is 11.1 Å². The predicted octanol–water partition coefficient (Wildman–Crippen LogP) is 2.20. The van der Waals surface area contributed by atoms with Gasteiger partial charge < -0.3 is 11.1 Å². The highest BCUT2D eigenvalue weighted by Crippen LogP contribution is 2.47. The molecule has 1 aromatic heterocycles. The third-order valence-corrected chi connectivity index (χ3v) is 4.73. The van der Waals surface area contributed by atoms with Crippen LogP contribution in [0.2, 0.25) is 0 Å². The summed E-state index contributed by atoms with van der Waals surface area (Å²) in [5, 5.41) is 5.39. The second kappa shape index (κ2) is 5.54. The lowest BCUT2D eigenvalue weighted by atomic mass is 9.96. The molecule has 1 aliphatic carbocycles. The van der Waals surface area contributed by atoms with E-state index in [0.29, 0.717) is 18.8 Å². The van der Waals surface area contributed by atoms with Crippen molar-refractivity contribution in [2.75, 3.05) is 6.54 Å². The van der Waals surface area contributed by atoms with Crippen LogP contribution in [0.25, 0.3) is 0 Å². The molecule has 4 nitrogen and oxygen atoms in total. The molecule has 3 N–H and O–H groups in total. The van der Waals surface area contributed by atoms with Crippen molar-refractivity contribution < 1.29 is 9.18 Å². The molecule has 1 amide bonds. The molecule has 6 heteroatoms. The maximum atomic E-state index is 13.0. The van der Waals surface area contributed by atoms with Crippen LogP contribution in [0.3, 0.4) is 0 Å². The van der Waals surface area contributed by atoms with Crippen molar-refractivity contribution >= 4 is 17.2 Å². The Balaban J connectivity index is 1.64. The fourth-order valence-corrected chi connectivity index (χ4v) is 3.03. The molecule has 3 rings (SSSR count). The molecule has 0 aliphatic heterocycles. The Bertz CT molecular complexity index is 649. The highest BCUT2D eigenvalue weighted by molar-refractivity contribution is 7.09. The van der Waals surface area contributed by atoms with Gasteiger partial charge in [0.05, 0.1) is 0 Å². The smallest absolute Gasteiger partial charge is 0.270 e. The molecule has 1 fully saturated rings. The Morgan fingerprint density at radius 2 is 2.10 bits per heavy atom. The van der Waals surface area contributed by atoms with Crippen LogP contribution in [-0.4, -0.2) is 17.4 Å². The minimum atomic E-state index is -0.240. The number of carbonyl (C=O) groups is 1. The number of halogens is 1. The summed E-state index contributed by atoms with van der Waals surface area (Å²) in [5.41, 5.74) is 6.93. The first-order chi connectivity index (χ1) is 10.1. The van der Waals surface area contributed by atoms with E-state index in [1.54, 1.807) is 17.5 Å². The average molecular weight is 305 g/mol. The Morgan fingerprint density at radius 3 is 2.67 bits per heavy atom. The number of carbonyl (C=O) groups excluding carboxylic acids is 1. The van der Waals surface area contributed by atoms with Gasteiger partial charge in [0, 0.05) is 23.9 Å². The van der Waals surface area contributed by atoms with Crippen LogP contribution >= 0.6 is 11.3 Å². The Labute approximate surface area is 126 Å². The molecule has 2 aromatic rings. The van der Waals surface area contributed by atoms with Gasteiger partial charge in [0.25, 0.3) is 5.91 Å². The van der Waals surface area contributed by atoms with E-state index in [4.69, 9.17) is 5.73 Å². The molecule has 1 heterocycles. The Hall–Kier alpha value is -1.79. The number of aromatic nitrogens is 1. The van der Waals surface area contributed by atoms with Crippen LogP contribution in [0, 0.1) is 5.82 Å². The summed E-state index contributed by atoms with van der Waals surface area (Å²) in [5.74, 6) is -0.422. The highest BCUT2D eigenvalue weighted by Gasteiger charge is 2.44. The molecule has 110 valence electrons. The van der Waals surface area contributed by atoms with Gasteiger partial charge in [0.15, 0.2) is 0 Å². The normalized spacial score (nSPS) is 15.7. The number of hydrogen-bond acceptors (Lipinski definition) is 4. The predicted molar refractivity (Wildman–Crippen MR) is 79.7 cm³/mol. The van der Waals surface area contributed by atoms with Crippen molar-refractivity contribution in [3.05, 3.63) is 51.7 Å². The molecule has 0 radical (unpaired) electrons. The maximum Gasteiger partial charge on any atom is 0.270 e. The maximum absolute atomic E-state index is 13.0. The number of benzene rings is 1. The van der Waals surface area contributed by atoms with Crippen LogP contribution in [0.4, 0.5) is 4.39 Å². The fourth-order valence-electron chi connectivity index (χ4n) is 2.37. The SMILES string of the molecule is NCc1nc(C(=O)NCC2(c3ccc(F)cc3)CC2)cs1. The molecule has 1 aliphatic rings. The molecule has 0 atom stereocenters. The molecule has 0 unspecified atom stereocenters. The summed E-state index contributed by atoms with van der Waals surface area (Å²) >= 11 is 1.39. The van der Waals surface area contributed by atoms with Crippen molar-refractivity contribution in [2.45, 2.75) is 24.8 Å². The lowest BCUT2D eigenvalue weighted by Gasteiger charge is -2.16. The number of amides is 1. The third kappa shape index (κ3) is 2.96. The van der Waals surface area contributed by atoms with E-state index in [-0.39, 0.29) is 17.1 Å². The lowest BCUT2D eigenvalue weighted by molar-refractivity contribution is 0.0945. The van der Waals surface area contributed by atoms with Gasteiger partial charge in [-0.05, 0) is 30.5 Å². The third-order valence-electron chi connectivity index (χ3n) is 3.86. The monoisotopic (exact) mass is 305 g/mol. The quantitative estimate of drug-likeness (QED) is 0.890. The van der Waals surface area contributed by atoms with Crippen molar-refractivity contribution in [3.8, 4) is 0 Å². The summed E-state index contributed by atoms with van der Waals surface area (Å²) in [4.78, 5) is 16.2. The van der Waals surface area contributed by atoms with Gasteiger partial charge in [-0.3, -0.25) is 4.79 Å². The minimum Gasteiger partial charge on any atom is -0.350 e. The van der Waals surface area contributed by atoms with Crippen LogP contribution in [0.1, 0.15) is 33.9 Å². The average Bonchev–Trinajstić information content (AvgIpc) is 3.13. The van der Waals surface area contributed by atoms with Gasteiger partial charge in [0.1, 0.15) is 16.5 Å². The fraction of sp³-hybridized carbons (Fsp3) is 0.333. The largest absolute Gasteiger partial charge is 0.350 e. The lowest BCUT2D eigenvalue weighted by Crippen LogP contribution is -2.32. The molecule has 0 bridgehead atoms. The second-order valence-corrected chi connectivity index (χ2v) is 6.24.